The van der Waals surface area contributed by atoms with Crippen LogP contribution in [-0.4, -0.2) is 18.5 Å². The molecule has 10 heavy (non-hydrogen) atoms. The summed E-state index contributed by atoms with van der Waals surface area (Å²) in [4.78, 5) is 20.7. The van der Waals surface area contributed by atoms with Crippen LogP contribution in [0, 0.1) is 0 Å². The van der Waals surface area contributed by atoms with Gasteiger partial charge >= 0.3 is 11.9 Å². The highest BCUT2D eigenvalue weighted by atomic mass is 16.6. The number of rotatable bonds is 1. The van der Waals surface area contributed by atoms with Gasteiger partial charge in [-0.3, -0.25) is 0 Å². The van der Waals surface area contributed by atoms with Gasteiger partial charge in [-0.25, -0.2) is 9.59 Å². The molecule has 1 aliphatic rings. The molecule has 5 N–H and O–H groups in total. The van der Waals surface area contributed by atoms with Crippen molar-refractivity contribution in [1.82, 2.24) is 6.15 Å². The van der Waals surface area contributed by atoms with E-state index in [9.17, 15) is 9.59 Å². The first kappa shape index (κ1) is 8.80. The molecule has 0 aromatic rings. The van der Waals surface area contributed by atoms with E-state index in [-0.39, 0.29) is 18.3 Å². The maximum atomic E-state index is 10.4. The molecule has 0 aromatic heterocycles. The van der Waals surface area contributed by atoms with Gasteiger partial charge in [0, 0.05) is 12.6 Å². The van der Waals surface area contributed by atoms with Crippen LogP contribution in [0.3, 0.4) is 0 Å². The van der Waals surface area contributed by atoms with Gasteiger partial charge in [0.15, 0.2) is 0 Å². The van der Waals surface area contributed by atoms with Crippen LogP contribution in [0.25, 0.3) is 0 Å². The third kappa shape index (κ3) is 1.40. The normalized spacial score (nSPS) is 15.9. The van der Waals surface area contributed by atoms with E-state index in [0.29, 0.717) is 0 Å². The van der Waals surface area contributed by atoms with Gasteiger partial charge in [-0.15, -0.1) is 0 Å². The lowest BCUT2D eigenvalue weighted by Gasteiger charge is -1.88. The van der Waals surface area contributed by atoms with E-state index >= 15 is 0 Å². The van der Waals surface area contributed by atoms with Gasteiger partial charge in [0.25, 0.3) is 0 Å². The van der Waals surface area contributed by atoms with E-state index in [0.717, 1.165) is 6.08 Å². The maximum absolute atomic E-state index is 10.4. The lowest BCUT2D eigenvalue weighted by Crippen LogP contribution is -2.10. The van der Waals surface area contributed by atoms with E-state index < -0.39 is 11.9 Å². The van der Waals surface area contributed by atoms with Crippen LogP contribution in [0.5, 0.6) is 0 Å². The number of ether oxygens (including phenoxy) is 1. The molecule has 0 fully saturated rings. The van der Waals surface area contributed by atoms with Crippen molar-refractivity contribution < 1.29 is 14.3 Å². The molecule has 5 heteroatoms. The van der Waals surface area contributed by atoms with Crippen LogP contribution in [0.2, 0.25) is 0 Å². The molecule has 5 nitrogen and oxygen atoms in total. The van der Waals surface area contributed by atoms with Crippen molar-refractivity contribution in [2.24, 2.45) is 5.73 Å². The van der Waals surface area contributed by atoms with Crippen molar-refractivity contribution in [2.75, 3.05) is 6.54 Å². The summed E-state index contributed by atoms with van der Waals surface area (Å²) in [7, 11) is 0. The van der Waals surface area contributed by atoms with Crippen LogP contribution in [-0.2, 0) is 14.3 Å². The molecule has 1 heterocycles. The summed E-state index contributed by atoms with van der Waals surface area (Å²) in [5, 5.41) is 0. The van der Waals surface area contributed by atoms with Crippen molar-refractivity contribution in [3.05, 3.63) is 11.6 Å². The molecule has 56 valence electrons. The van der Waals surface area contributed by atoms with Gasteiger partial charge in [-0.2, -0.15) is 0 Å². The number of carbonyl (C=O) groups excluding carboxylic acids is 2. The first-order valence-corrected chi connectivity index (χ1v) is 2.41. The molecule has 0 amide bonds. The summed E-state index contributed by atoms with van der Waals surface area (Å²) in [6, 6.07) is 0. The minimum absolute atomic E-state index is 0. The Morgan fingerprint density at radius 3 is 2.30 bits per heavy atom. The molecule has 0 saturated heterocycles. The fourth-order valence-corrected chi connectivity index (χ4v) is 0.530. The zero-order valence-corrected chi connectivity index (χ0v) is 5.29. The van der Waals surface area contributed by atoms with E-state index in [1.807, 2.05) is 0 Å². The molecule has 0 saturated carbocycles. The fourth-order valence-electron chi connectivity index (χ4n) is 0.530. The first-order chi connectivity index (χ1) is 4.24. The third-order valence-electron chi connectivity index (χ3n) is 0.967. The fraction of sp³-hybridized carbons (Fsp3) is 0.200. The minimum atomic E-state index is -0.625. The molecule has 0 radical (unpaired) electrons. The molecule has 0 aliphatic carbocycles. The number of cyclic esters (lactones) is 2. The van der Waals surface area contributed by atoms with Crippen LogP contribution in [0.15, 0.2) is 11.6 Å². The highest BCUT2D eigenvalue weighted by molar-refractivity contribution is 6.09. The van der Waals surface area contributed by atoms with Gasteiger partial charge in [0.2, 0.25) is 0 Å². The van der Waals surface area contributed by atoms with Gasteiger partial charge in [-0.05, 0) is 0 Å². The van der Waals surface area contributed by atoms with Gasteiger partial charge < -0.3 is 16.6 Å². The van der Waals surface area contributed by atoms with E-state index in [4.69, 9.17) is 5.73 Å². The zero-order valence-electron chi connectivity index (χ0n) is 5.29. The second-order valence-corrected chi connectivity index (χ2v) is 1.58. The molecule has 0 atom stereocenters. The predicted molar refractivity (Wildman–Crippen MR) is 33.3 cm³/mol. The number of nitrogens with two attached hydrogens (primary N) is 1. The van der Waals surface area contributed by atoms with Gasteiger partial charge in [-0.1, -0.05) is 0 Å². The number of hydrogen-bond acceptors (Lipinski definition) is 5. The Balaban J connectivity index is 0.000000810. The quantitative estimate of drug-likeness (QED) is 0.367. The summed E-state index contributed by atoms with van der Waals surface area (Å²) in [5.74, 6) is -1.25. The Hall–Kier alpha value is -1.20. The average molecular weight is 144 g/mol. The molecular weight excluding hydrogens is 136 g/mol. The highest BCUT2D eigenvalue weighted by Gasteiger charge is 2.21. The van der Waals surface area contributed by atoms with Crippen molar-refractivity contribution in [3.63, 3.8) is 0 Å². The highest BCUT2D eigenvalue weighted by Crippen LogP contribution is 2.04. The van der Waals surface area contributed by atoms with Crippen molar-refractivity contribution in [2.45, 2.75) is 0 Å². The second kappa shape index (κ2) is 3.09. The lowest BCUT2D eigenvalue weighted by atomic mass is 10.3. The van der Waals surface area contributed by atoms with E-state index in [1.165, 1.54) is 0 Å². The molecule has 1 rings (SSSR count). The van der Waals surface area contributed by atoms with Crippen LogP contribution in [0.4, 0.5) is 0 Å². The summed E-state index contributed by atoms with van der Waals surface area (Å²) in [6.07, 6.45) is 1.10. The molecule has 1 aliphatic heterocycles. The zero-order chi connectivity index (χ0) is 6.85. The Bertz CT molecular complexity index is 197. The van der Waals surface area contributed by atoms with Gasteiger partial charge in [0.1, 0.15) is 0 Å². The minimum Gasteiger partial charge on any atom is -0.386 e. The smallest absolute Gasteiger partial charge is 0.343 e. The monoisotopic (exact) mass is 144 g/mol. The van der Waals surface area contributed by atoms with Crippen molar-refractivity contribution in [1.29, 1.82) is 0 Å². The Morgan fingerprint density at radius 1 is 1.50 bits per heavy atom. The Kier molecular flexibility index (Phi) is 2.72. The number of carbonyl (C=O) groups is 2. The van der Waals surface area contributed by atoms with Gasteiger partial charge in [0.05, 0.1) is 5.57 Å². The SMILES string of the molecule is N.NCC1=CC(=O)OC1=O. The average Bonchev–Trinajstić information content (AvgIpc) is 2.10. The molecule has 0 bridgehead atoms. The largest absolute Gasteiger partial charge is 0.386 e. The topological polar surface area (TPSA) is 104 Å². The van der Waals surface area contributed by atoms with Crippen LogP contribution in [0.1, 0.15) is 0 Å². The van der Waals surface area contributed by atoms with E-state index in [1.54, 1.807) is 0 Å². The molecule has 0 spiro atoms. The Labute approximate surface area is 57.4 Å². The van der Waals surface area contributed by atoms with E-state index in [2.05, 4.69) is 4.74 Å². The van der Waals surface area contributed by atoms with Crippen molar-refractivity contribution in [3.8, 4) is 0 Å². The molecular formula is C5H8N2O3. The Morgan fingerprint density at radius 2 is 2.10 bits per heavy atom. The number of esters is 2. The summed E-state index contributed by atoms with van der Waals surface area (Å²) >= 11 is 0. The maximum Gasteiger partial charge on any atom is 0.343 e. The summed E-state index contributed by atoms with van der Waals surface area (Å²) < 4.78 is 4.11. The summed E-state index contributed by atoms with van der Waals surface area (Å²) in [5.41, 5.74) is 5.30. The molecule has 0 unspecified atom stereocenters. The molecule has 0 aromatic carbocycles. The number of hydrogen-bond donors (Lipinski definition) is 2. The van der Waals surface area contributed by atoms with Crippen LogP contribution < -0.4 is 11.9 Å². The predicted octanol–water partition coefficient (Wildman–Crippen LogP) is -0.883. The summed E-state index contributed by atoms with van der Waals surface area (Å²) in [6.45, 7) is 0.0601. The van der Waals surface area contributed by atoms with Crippen molar-refractivity contribution >= 4 is 11.9 Å². The van der Waals surface area contributed by atoms with Crippen LogP contribution >= 0.6 is 0 Å². The standard InChI is InChI=1S/C5H5NO3.H3N/c6-2-3-1-4(7)9-5(3)8;/h1H,2,6H2;1H3. The second-order valence-electron chi connectivity index (χ2n) is 1.58. The first-order valence-electron chi connectivity index (χ1n) is 2.41. The third-order valence-corrected chi connectivity index (χ3v) is 0.967. The lowest BCUT2D eigenvalue weighted by molar-refractivity contribution is -0.150.